The molecule has 0 saturated carbocycles. The Balaban J connectivity index is 2.12. The Kier molecular flexibility index (Phi) is 5.76. The van der Waals surface area contributed by atoms with Gasteiger partial charge in [-0.25, -0.2) is 0 Å². The smallest absolute Gasteiger partial charge is 0.253 e. The Morgan fingerprint density at radius 1 is 1.19 bits per heavy atom. The minimum atomic E-state index is 0.159. The fourth-order valence-corrected chi connectivity index (χ4v) is 2.70. The lowest BCUT2D eigenvalue weighted by molar-refractivity contribution is 0.0745. The van der Waals surface area contributed by atoms with Gasteiger partial charge in [-0.3, -0.25) is 4.79 Å². The van der Waals surface area contributed by atoms with Crippen LogP contribution >= 0.6 is 0 Å². The molecular weight excluding hydrogens is 262 g/mol. The first-order valence-electron chi connectivity index (χ1n) is 7.88. The number of nitrogens with one attached hydrogen (secondary N) is 1. The second-order valence-electron chi connectivity index (χ2n) is 6.01. The van der Waals surface area contributed by atoms with Crippen LogP contribution in [0.2, 0.25) is 0 Å². The molecule has 0 unspecified atom stereocenters. The van der Waals surface area contributed by atoms with E-state index >= 15 is 0 Å². The van der Waals surface area contributed by atoms with Crippen molar-refractivity contribution >= 4 is 5.91 Å². The van der Waals surface area contributed by atoms with E-state index in [0.717, 1.165) is 51.1 Å². The fourth-order valence-electron chi connectivity index (χ4n) is 2.70. The highest BCUT2D eigenvalue weighted by atomic mass is 16.2. The maximum Gasteiger partial charge on any atom is 0.253 e. The number of likely N-dealkylation sites (N-methyl/N-ethyl adjacent to an activating group) is 1. The van der Waals surface area contributed by atoms with Crippen LogP contribution < -0.4 is 5.32 Å². The quantitative estimate of drug-likeness (QED) is 0.866. The zero-order chi connectivity index (χ0) is 15.2. The van der Waals surface area contributed by atoms with Crippen LogP contribution in [0.25, 0.3) is 0 Å². The van der Waals surface area contributed by atoms with Crippen LogP contribution in [0.3, 0.4) is 0 Å². The molecule has 0 bridgehead atoms. The highest BCUT2D eigenvalue weighted by Crippen LogP contribution is 2.17. The Hall–Kier alpha value is -1.39. The van der Waals surface area contributed by atoms with Crippen LogP contribution in [-0.4, -0.2) is 56.0 Å². The molecule has 0 atom stereocenters. The molecule has 1 heterocycles. The van der Waals surface area contributed by atoms with E-state index in [9.17, 15) is 4.79 Å². The van der Waals surface area contributed by atoms with Gasteiger partial charge in [0.25, 0.3) is 5.91 Å². The number of nitrogens with zero attached hydrogens (tertiary/aromatic N) is 2. The first-order chi connectivity index (χ1) is 10.1. The van der Waals surface area contributed by atoms with Gasteiger partial charge in [0.1, 0.15) is 0 Å². The maximum absolute atomic E-state index is 12.7. The van der Waals surface area contributed by atoms with E-state index in [0.29, 0.717) is 0 Å². The molecule has 1 aliphatic rings. The SMILES string of the molecule is CCCN(CCN(C)C)C(=O)c1ccc2c(c1)CNCC2. The summed E-state index contributed by atoms with van der Waals surface area (Å²) in [5.41, 5.74) is 3.47. The Bertz CT molecular complexity index is 485. The third kappa shape index (κ3) is 4.29. The highest BCUT2D eigenvalue weighted by Gasteiger charge is 2.17. The number of hydrogen-bond donors (Lipinski definition) is 1. The molecule has 0 aromatic heterocycles. The van der Waals surface area contributed by atoms with Gasteiger partial charge in [0.15, 0.2) is 0 Å². The summed E-state index contributed by atoms with van der Waals surface area (Å²) in [6.07, 6.45) is 2.05. The van der Waals surface area contributed by atoms with E-state index in [1.807, 2.05) is 25.1 Å². The monoisotopic (exact) mass is 289 g/mol. The number of fused-ring (bicyclic) bond motifs is 1. The summed E-state index contributed by atoms with van der Waals surface area (Å²) in [7, 11) is 4.08. The normalized spacial score (nSPS) is 14.1. The molecule has 116 valence electrons. The van der Waals surface area contributed by atoms with Gasteiger partial charge < -0.3 is 15.1 Å². The van der Waals surface area contributed by atoms with Gasteiger partial charge in [0, 0.05) is 31.7 Å². The van der Waals surface area contributed by atoms with Crippen LogP contribution in [0.15, 0.2) is 18.2 Å². The molecule has 0 radical (unpaired) electrons. The standard InChI is InChI=1S/C17H27N3O/c1-4-9-20(11-10-19(2)3)17(21)15-6-5-14-7-8-18-13-16(14)12-15/h5-6,12,18H,4,7-11,13H2,1-3H3. The molecular formula is C17H27N3O. The van der Waals surface area contributed by atoms with Gasteiger partial charge in [-0.1, -0.05) is 13.0 Å². The number of amides is 1. The van der Waals surface area contributed by atoms with E-state index < -0.39 is 0 Å². The van der Waals surface area contributed by atoms with Crippen LogP contribution in [0.4, 0.5) is 0 Å². The van der Waals surface area contributed by atoms with Crippen molar-refractivity contribution in [2.75, 3.05) is 40.3 Å². The van der Waals surface area contributed by atoms with E-state index in [-0.39, 0.29) is 5.91 Å². The van der Waals surface area contributed by atoms with Crippen LogP contribution in [0, 0.1) is 0 Å². The minimum Gasteiger partial charge on any atom is -0.337 e. The van der Waals surface area contributed by atoms with Gasteiger partial charge in [-0.05, 0) is 56.7 Å². The van der Waals surface area contributed by atoms with Gasteiger partial charge in [-0.2, -0.15) is 0 Å². The zero-order valence-corrected chi connectivity index (χ0v) is 13.5. The predicted octanol–water partition coefficient (Wildman–Crippen LogP) is 1.75. The molecule has 1 N–H and O–H groups in total. The van der Waals surface area contributed by atoms with Crippen LogP contribution in [0.1, 0.15) is 34.8 Å². The van der Waals surface area contributed by atoms with Crippen molar-refractivity contribution in [1.82, 2.24) is 15.1 Å². The van der Waals surface area contributed by atoms with Crippen molar-refractivity contribution in [2.45, 2.75) is 26.3 Å². The summed E-state index contributed by atoms with van der Waals surface area (Å²) < 4.78 is 0. The maximum atomic E-state index is 12.7. The van der Waals surface area contributed by atoms with Crippen molar-refractivity contribution in [3.05, 3.63) is 34.9 Å². The Morgan fingerprint density at radius 2 is 2.00 bits per heavy atom. The third-order valence-electron chi connectivity index (χ3n) is 3.94. The third-order valence-corrected chi connectivity index (χ3v) is 3.94. The summed E-state index contributed by atoms with van der Waals surface area (Å²) in [5.74, 6) is 0.159. The topological polar surface area (TPSA) is 35.6 Å². The molecule has 0 fully saturated rings. The summed E-state index contributed by atoms with van der Waals surface area (Å²) in [5, 5.41) is 3.37. The van der Waals surface area contributed by atoms with E-state index in [1.165, 1.54) is 11.1 Å². The van der Waals surface area contributed by atoms with Crippen LogP contribution in [0.5, 0.6) is 0 Å². The summed E-state index contributed by atoms with van der Waals surface area (Å²) in [4.78, 5) is 16.8. The second-order valence-corrected chi connectivity index (χ2v) is 6.01. The summed E-state index contributed by atoms with van der Waals surface area (Å²) in [6, 6.07) is 6.19. The van der Waals surface area contributed by atoms with Gasteiger partial charge in [0.2, 0.25) is 0 Å². The second kappa shape index (κ2) is 7.57. The summed E-state index contributed by atoms with van der Waals surface area (Å²) in [6.45, 7) is 6.54. The lowest BCUT2D eigenvalue weighted by atomic mass is 9.98. The zero-order valence-electron chi connectivity index (χ0n) is 13.5. The van der Waals surface area contributed by atoms with Gasteiger partial charge in [0.05, 0.1) is 0 Å². The van der Waals surface area contributed by atoms with Crippen LogP contribution in [-0.2, 0) is 13.0 Å². The predicted molar refractivity (Wildman–Crippen MR) is 86.6 cm³/mol. The molecule has 1 aromatic carbocycles. The number of benzene rings is 1. The molecule has 1 aliphatic heterocycles. The van der Waals surface area contributed by atoms with Crippen molar-refractivity contribution in [2.24, 2.45) is 0 Å². The van der Waals surface area contributed by atoms with Crippen molar-refractivity contribution in [1.29, 1.82) is 0 Å². The molecule has 0 saturated heterocycles. The van der Waals surface area contributed by atoms with E-state index in [4.69, 9.17) is 0 Å². The largest absolute Gasteiger partial charge is 0.337 e. The van der Waals surface area contributed by atoms with E-state index in [2.05, 4.69) is 29.3 Å². The Morgan fingerprint density at radius 3 is 2.71 bits per heavy atom. The average Bonchev–Trinajstić information content (AvgIpc) is 2.50. The van der Waals surface area contributed by atoms with E-state index in [1.54, 1.807) is 0 Å². The fraction of sp³-hybridized carbons (Fsp3) is 0.588. The molecule has 4 nitrogen and oxygen atoms in total. The molecule has 1 aromatic rings. The van der Waals surface area contributed by atoms with Crippen molar-refractivity contribution in [3.63, 3.8) is 0 Å². The first-order valence-corrected chi connectivity index (χ1v) is 7.88. The molecule has 0 aliphatic carbocycles. The lowest BCUT2D eigenvalue weighted by Gasteiger charge is -2.25. The molecule has 2 rings (SSSR count). The number of hydrogen-bond acceptors (Lipinski definition) is 3. The Labute approximate surface area is 128 Å². The highest BCUT2D eigenvalue weighted by molar-refractivity contribution is 5.94. The van der Waals surface area contributed by atoms with Crippen molar-refractivity contribution < 1.29 is 4.79 Å². The molecule has 0 spiro atoms. The minimum absolute atomic E-state index is 0.159. The van der Waals surface area contributed by atoms with Crippen molar-refractivity contribution in [3.8, 4) is 0 Å². The molecule has 21 heavy (non-hydrogen) atoms. The average molecular weight is 289 g/mol. The number of carbonyl (C=O) groups is 1. The van der Waals surface area contributed by atoms with Gasteiger partial charge in [-0.15, -0.1) is 0 Å². The number of rotatable bonds is 6. The molecule has 4 heteroatoms. The first kappa shape index (κ1) is 16.0. The van der Waals surface area contributed by atoms with Gasteiger partial charge >= 0.3 is 0 Å². The number of carbonyl (C=O) groups excluding carboxylic acids is 1. The molecule has 1 amide bonds. The lowest BCUT2D eigenvalue weighted by Crippen LogP contribution is -2.37. The summed E-state index contributed by atoms with van der Waals surface area (Å²) >= 11 is 0.